The van der Waals surface area contributed by atoms with Gasteiger partial charge in [0.2, 0.25) is 0 Å². The second kappa shape index (κ2) is 2.38. The van der Waals surface area contributed by atoms with Crippen molar-refractivity contribution in [3.8, 4) is 5.75 Å². The van der Waals surface area contributed by atoms with E-state index in [9.17, 15) is 0 Å². The van der Waals surface area contributed by atoms with Crippen LogP contribution in [0.25, 0.3) is 6.08 Å². The Kier molecular flexibility index (Phi) is 1.39. The van der Waals surface area contributed by atoms with Crippen LogP contribution in [0.1, 0.15) is 0 Å². The third-order valence-electron chi connectivity index (χ3n) is 1.81. The van der Waals surface area contributed by atoms with Gasteiger partial charge in [-0.1, -0.05) is 6.08 Å². The predicted molar refractivity (Wildman–Crippen MR) is 43.1 cm³/mol. The summed E-state index contributed by atoms with van der Waals surface area (Å²) in [6.45, 7) is 0.808. The fourth-order valence-electron chi connectivity index (χ4n) is 1.21. The molecule has 0 aliphatic carbocycles. The minimum Gasteiger partial charge on any atom is -0.497 e. The largest absolute Gasteiger partial charge is 0.497 e. The Morgan fingerprint density at radius 3 is 3.18 bits per heavy atom. The molecule has 0 saturated heterocycles. The molecule has 1 aliphatic rings. The van der Waals surface area contributed by atoms with E-state index < -0.39 is 0 Å². The number of methoxy groups -OCH3 is 1. The van der Waals surface area contributed by atoms with Crippen molar-refractivity contribution in [2.45, 2.75) is 0 Å². The molecule has 2 heteroatoms. The van der Waals surface area contributed by atoms with Gasteiger partial charge >= 0.3 is 0 Å². The Balaban J connectivity index is 2.69. The van der Waals surface area contributed by atoms with Crippen molar-refractivity contribution in [3.05, 3.63) is 28.8 Å². The van der Waals surface area contributed by atoms with Gasteiger partial charge in [0, 0.05) is 5.22 Å². The quantitative estimate of drug-likeness (QED) is 0.552. The zero-order valence-corrected chi connectivity index (χ0v) is 6.37. The zero-order valence-electron chi connectivity index (χ0n) is 6.37. The Morgan fingerprint density at radius 2 is 2.36 bits per heavy atom. The second-order valence-corrected chi connectivity index (χ2v) is 2.47. The molecule has 11 heavy (non-hydrogen) atoms. The van der Waals surface area contributed by atoms with Gasteiger partial charge in [0.25, 0.3) is 0 Å². The summed E-state index contributed by atoms with van der Waals surface area (Å²) in [6.07, 6.45) is 2.10. The van der Waals surface area contributed by atoms with E-state index >= 15 is 0 Å². The minimum atomic E-state index is 0.808. The van der Waals surface area contributed by atoms with Crippen LogP contribution in [-0.2, 0) is 0 Å². The van der Waals surface area contributed by atoms with E-state index in [4.69, 9.17) is 4.74 Å². The van der Waals surface area contributed by atoms with Crippen LogP contribution in [0.3, 0.4) is 0 Å². The fraction of sp³-hybridized carbons (Fsp3) is 0.222. The van der Waals surface area contributed by atoms with E-state index in [1.807, 2.05) is 18.2 Å². The predicted octanol–water partition coefficient (Wildman–Crippen LogP) is 0.109. The molecule has 1 aromatic carbocycles. The van der Waals surface area contributed by atoms with Crippen molar-refractivity contribution in [2.24, 2.45) is 4.99 Å². The fourth-order valence-corrected chi connectivity index (χ4v) is 1.21. The first kappa shape index (κ1) is 6.40. The average molecular weight is 147 g/mol. The Morgan fingerprint density at radius 1 is 1.45 bits per heavy atom. The van der Waals surface area contributed by atoms with E-state index in [0.29, 0.717) is 0 Å². The molecule has 1 aromatic rings. The molecule has 1 aliphatic heterocycles. The highest BCUT2D eigenvalue weighted by atomic mass is 16.5. The van der Waals surface area contributed by atoms with E-state index in [0.717, 1.165) is 17.7 Å². The molecule has 0 aromatic heterocycles. The summed E-state index contributed by atoms with van der Waals surface area (Å²) in [4.78, 5) is 4.26. The maximum atomic E-state index is 5.08. The highest BCUT2D eigenvalue weighted by Gasteiger charge is 1.95. The second-order valence-electron chi connectivity index (χ2n) is 2.47. The van der Waals surface area contributed by atoms with Gasteiger partial charge in [0.15, 0.2) is 0 Å². The van der Waals surface area contributed by atoms with Crippen molar-refractivity contribution in [1.82, 2.24) is 0 Å². The third kappa shape index (κ3) is 1.00. The molecule has 0 fully saturated rings. The lowest BCUT2D eigenvalue weighted by molar-refractivity contribution is 0.414. The molecule has 1 heterocycles. The molecule has 0 radical (unpaired) electrons. The molecule has 56 valence electrons. The first-order valence-electron chi connectivity index (χ1n) is 3.59. The summed E-state index contributed by atoms with van der Waals surface area (Å²) < 4.78 is 5.08. The molecule has 0 unspecified atom stereocenters. The first-order chi connectivity index (χ1) is 5.40. The molecule has 0 spiro atoms. The molecule has 0 saturated carbocycles. The summed E-state index contributed by atoms with van der Waals surface area (Å²) in [7, 11) is 1.67. The Bertz CT molecular complexity index is 381. The summed E-state index contributed by atoms with van der Waals surface area (Å²) in [5.74, 6) is 0.900. The summed E-state index contributed by atoms with van der Waals surface area (Å²) in [5, 5.41) is 2.26. The monoisotopic (exact) mass is 147 g/mol. The number of nitrogens with zero attached hydrogens (tertiary/aromatic N) is 1. The van der Waals surface area contributed by atoms with Crippen LogP contribution in [0.4, 0.5) is 0 Å². The Labute approximate surface area is 64.8 Å². The summed E-state index contributed by atoms with van der Waals surface area (Å²) >= 11 is 0. The maximum Gasteiger partial charge on any atom is 0.119 e. The minimum absolute atomic E-state index is 0.808. The molecular weight excluding hydrogens is 138 g/mol. The lowest BCUT2D eigenvalue weighted by Gasteiger charge is -1.95. The van der Waals surface area contributed by atoms with Gasteiger partial charge in [-0.05, 0) is 18.2 Å². The smallest absolute Gasteiger partial charge is 0.119 e. The van der Waals surface area contributed by atoms with Gasteiger partial charge in [0.1, 0.15) is 5.75 Å². The summed E-state index contributed by atoms with van der Waals surface area (Å²) in [6, 6.07) is 5.92. The molecule has 2 nitrogen and oxygen atoms in total. The van der Waals surface area contributed by atoms with Crippen LogP contribution in [0, 0.1) is 0 Å². The number of benzene rings is 1. The topological polar surface area (TPSA) is 21.6 Å². The van der Waals surface area contributed by atoms with Crippen molar-refractivity contribution < 1.29 is 4.74 Å². The van der Waals surface area contributed by atoms with Crippen LogP contribution >= 0.6 is 0 Å². The number of rotatable bonds is 1. The van der Waals surface area contributed by atoms with E-state index in [1.54, 1.807) is 7.11 Å². The van der Waals surface area contributed by atoms with Gasteiger partial charge in [-0.3, -0.25) is 4.99 Å². The molecule has 0 atom stereocenters. The maximum absolute atomic E-state index is 5.08. The number of hydrogen-bond donors (Lipinski definition) is 0. The standard InChI is InChI=1S/C9H9NO/c1-11-8-2-3-9-7(6-8)4-5-10-9/h2-4,6H,5H2,1H3. The number of hydrogen-bond acceptors (Lipinski definition) is 2. The van der Waals surface area contributed by atoms with Gasteiger partial charge < -0.3 is 4.74 Å². The molecule has 2 rings (SSSR count). The number of fused-ring (bicyclic) bond motifs is 1. The van der Waals surface area contributed by atoms with Crippen LogP contribution in [0.5, 0.6) is 5.75 Å². The lowest BCUT2D eigenvalue weighted by atomic mass is 10.3. The van der Waals surface area contributed by atoms with Crippen molar-refractivity contribution in [1.29, 1.82) is 0 Å². The first-order valence-corrected chi connectivity index (χ1v) is 3.59. The van der Waals surface area contributed by atoms with E-state index in [2.05, 4.69) is 11.1 Å². The van der Waals surface area contributed by atoms with Crippen molar-refractivity contribution >= 4 is 6.08 Å². The average Bonchev–Trinajstić information content (AvgIpc) is 2.50. The van der Waals surface area contributed by atoms with Crippen LogP contribution in [-0.4, -0.2) is 13.7 Å². The van der Waals surface area contributed by atoms with E-state index in [1.165, 1.54) is 5.22 Å². The molecular formula is C9H9NO. The van der Waals surface area contributed by atoms with Gasteiger partial charge in [0.05, 0.1) is 19.0 Å². The lowest BCUT2D eigenvalue weighted by Crippen LogP contribution is -2.20. The summed E-state index contributed by atoms with van der Waals surface area (Å²) in [5.41, 5.74) is 0. The highest BCUT2D eigenvalue weighted by molar-refractivity contribution is 5.34. The highest BCUT2D eigenvalue weighted by Crippen LogP contribution is 2.01. The third-order valence-corrected chi connectivity index (χ3v) is 1.81. The molecule has 0 N–H and O–H groups in total. The normalized spacial score (nSPS) is 13.2. The van der Waals surface area contributed by atoms with Crippen LogP contribution in [0.2, 0.25) is 0 Å². The number of ether oxygens (including phenoxy) is 1. The Hall–Kier alpha value is -1.31. The van der Waals surface area contributed by atoms with Crippen molar-refractivity contribution in [2.75, 3.05) is 13.7 Å². The van der Waals surface area contributed by atoms with Crippen LogP contribution in [0.15, 0.2) is 23.2 Å². The van der Waals surface area contributed by atoms with Gasteiger partial charge in [-0.2, -0.15) is 0 Å². The zero-order chi connectivity index (χ0) is 7.68. The SMILES string of the molecule is COc1ccc2c(c1)=CCN=2. The molecule has 0 amide bonds. The molecule has 0 bridgehead atoms. The van der Waals surface area contributed by atoms with E-state index in [-0.39, 0.29) is 0 Å². The van der Waals surface area contributed by atoms with Crippen LogP contribution < -0.4 is 15.3 Å². The van der Waals surface area contributed by atoms with Crippen molar-refractivity contribution in [3.63, 3.8) is 0 Å². The van der Waals surface area contributed by atoms with Gasteiger partial charge in [-0.25, -0.2) is 0 Å². The van der Waals surface area contributed by atoms with Gasteiger partial charge in [-0.15, -0.1) is 0 Å².